The number of aryl methyl sites for hydroxylation is 2. The summed E-state index contributed by atoms with van der Waals surface area (Å²) in [5, 5.41) is 12.1. The van der Waals surface area contributed by atoms with Crippen molar-refractivity contribution in [3.05, 3.63) is 46.0 Å². The van der Waals surface area contributed by atoms with E-state index in [4.69, 9.17) is 5.11 Å². The average molecular weight is 300 g/mol. The summed E-state index contributed by atoms with van der Waals surface area (Å²) in [7, 11) is 0. The third-order valence-corrected chi connectivity index (χ3v) is 3.85. The van der Waals surface area contributed by atoms with Crippen molar-refractivity contribution in [2.75, 3.05) is 11.9 Å². The molecule has 0 atom stereocenters. The Morgan fingerprint density at radius 2 is 2.05 bits per heavy atom. The Balaban J connectivity index is 2.05. The predicted octanol–water partition coefficient (Wildman–Crippen LogP) is 2.75. The number of hydrogen-bond donors (Lipinski definition) is 2. The summed E-state index contributed by atoms with van der Waals surface area (Å²) >= 11 is 1.47. The molecular formula is C16H16N2O2S. The number of aromatic nitrogens is 1. The van der Waals surface area contributed by atoms with E-state index in [-0.39, 0.29) is 12.5 Å². The van der Waals surface area contributed by atoms with Crippen molar-refractivity contribution in [3.63, 3.8) is 0 Å². The molecule has 0 spiro atoms. The van der Waals surface area contributed by atoms with E-state index in [0.29, 0.717) is 17.1 Å². The highest BCUT2D eigenvalue weighted by Gasteiger charge is 2.09. The van der Waals surface area contributed by atoms with Gasteiger partial charge in [-0.2, -0.15) is 0 Å². The Morgan fingerprint density at radius 1 is 1.33 bits per heavy atom. The van der Waals surface area contributed by atoms with Crippen molar-refractivity contribution in [2.45, 2.75) is 20.3 Å². The summed E-state index contributed by atoms with van der Waals surface area (Å²) < 4.78 is 0. The highest BCUT2D eigenvalue weighted by Crippen LogP contribution is 2.21. The lowest BCUT2D eigenvalue weighted by atomic mass is 10.1. The Morgan fingerprint density at radius 3 is 2.62 bits per heavy atom. The van der Waals surface area contributed by atoms with Gasteiger partial charge in [-0.25, -0.2) is 4.98 Å². The van der Waals surface area contributed by atoms with Gasteiger partial charge in [0.25, 0.3) is 5.91 Å². The molecule has 1 aromatic carbocycles. The first-order valence-electron chi connectivity index (χ1n) is 6.55. The number of nitrogens with one attached hydrogen (secondary N) is 1. The fourth-order valence-corrected chi connectivity index (χ4v) is 2.43. The molecule has 0 saturated heterocycles. The second-order valence-electron chi connectivity index (χ2n) is 4.47. The molecule has 0 aliphatic heterocycles. The van der Waals surface area contributed by atoms with Gasteiger partial charge in [-0.05, 0) is 38.1 Å². The lowest BCUT2D eigenvalue weighted by molar-refractivity contribution is 0.102. The maximum absolute atomic E-state index is 12.1. The van der Waals surface area contributed by atoms with Gasteiger partial charge in [0, 0.05) is 22.4 Å². The van der Waals surface area contributed by atoms with Gasteiger partial charge in [-0.3, -0.25) is 10.1 Å². The van der Waals surface area contributed by atoms with Crippen LogP contribution in [0.4, 0.5) is 5.13 Å². The maximum atomic E-state index is 12.1. The van der Waals surface area contributed by atoms with Crippen LogP contribution in [0.25, 0.3) is 0 Å². The zero-order valence-corrected chi connectivity index (χ0v) is 12.8. The van der Waals surface area contributed by atoms with Crippen molar-refractivity contribution in [2.24, 2.45) is 0 Å². The molecule has 0 aliphatic rings. The second-order valence-corrected chi connectivity index (χ2v) is 5.67. The number of thiazole rings is 1. The van der Waals surface area contributed by atoms with Crippen molar-refractivity contribution < 1.29 is 9.90 Å². The number of hydrogen-bond acceptors (Lipinski definition) is 4. The van der Waals surface area contributed by atoms with Crippen molar-refractivity contribution >= 4 is 22.4 Å². The van der Waals surface area contributed by atoms with Gasteiger partial charge < -0.3 is 5.11 Å². The maximum Gasteiger partial charge on any atom is 0.257 e. The molecule has 0 radical (unpaired) electrons. The molecule has 0 saturated carbocycles. The average Bonchev–Trinajstić information content (AvgIpc) is 2.78. The standard InChI is InChI=1S/C16H16N2O2S/c1-11-12(2)21-16(17-11)18-15(20)14-8-6-13(7-9-14)5-3-4-10-19/h6-9,19H,4,10H2,1-2H3,(H,17,18,20). The zero-order valence-electron chi connectivity index (χ0n) is 11.9. The van der Waals surface area contributed by atoms with Crippen LogP contribution >= 0.6 is 11.3 Å². The molecule has 1 aromatic heterocycles. The molecule has 0 aliphatic carbocycles. The van der Waals surface area contributed by atoms with Crippen LogP contribution in [0.15, 0.2) is 24.3 Å². The van der Waals surface area contributed by atoms with Crippen LogP contribution in [0.5, 0.6) is 0 Å². The molecule has 21 heavy (non-hydrogen) atoms. The SMILES string of the molecule is Cc1nc(NC(=O)c2ccc(C#CCCO)cc2)sc1C. The monoisotopic (exact) mass is 300 g/mol. The van der Waals surface area contributed by atoms with Crippen LogP contribution in [0.1, 0.15) is 32.9 Å². The summed E-state index contributed by atoms with van der Waals surface area (Å²) in [6, 6.07) is 7.03. The van der Waals surface area contributed by atoms with Crippen LogP contribution < -0.4 is 5.32 Å². The van der Waals surface area contributed by atoms with Crippen LogP contribution in [0.3, 0.4) is 0 Å². The first kappa shape index (κ1) is 15.2. The van der Waals surface area contributed by atoms with Gasteiger partial charge in [0.05, 0.1) is 12.3 Å². The molecule has 0 fully saturated rings. The second kappa shape index (κ2) is 7.02. The summed E-state index contributed by atoms with van der Waals surface area (Å²) in [5.41, 5.74) is 2.32. The van der Waals surface area contributed by atoms with Gasteiger partial charge in [-0.1, -0.05) is 11.8 Å². The van der Waals surface area contributed by atoms with Gasteiger partial charge in [0.15, 0.2) is 5.13 Å². The zero-order chi connectivity index (χ0) is 15.2. The molecule has 5 heteroatoms. The number of anilines is 1. The Bertz CT molecular complexity index is 674. The quantitative estimate of drug-likeness (QED) is 0.857. The Hall–Kier alpha value is -2.16. The summed E-state index contributed by atoms with van der Waals surface area (Å²) in [6.07, 6.45) is 0.449. The molecule has 1 amide bonds. The normalized spacial score (nSPS) is 9.86. The molecule has 2 aromatic rings. The Kier molecular flexibility index (Phi) is 5.09. The molecule has 2 rings (SSSR count). The minimum atomic E-state index is -0.182. The summed E-state index contributed by atoms with van der Waals surface area (Å²) in [4.78, 5) is 17.5. The minimum Gasteiger partial charge on any atom is -0.395 e. The number of carbonyl (C=O) groups is 1. The molecule has 0 bridgehead atoms. The first-order valence-corrected chi connectivity index (χ1v) is 7.37. The fourth-order valence-electron chi connectivity index (χ4n) is 1.62. The molecule has 1 heterocycles. The van der Waals surface area contributed by atoms with E-state index < -0.39 is 0 Å². The van der Waals surface area contributed by atoms with Crippen molar-refractivity contribution in [3.8, 4) is 11.8 Å². The van der Waals surface area contributed by atoms with Crippen LogP contribution in [-0.4, -0.2) is 22.6 Å². The van der Waals surface area contributed by atoms with E-state index in [9.17, 15) is 4.79 Å². The largest absolute Gasteiger partial charge is 0.395 e. The van der Waals surface area contributed by atoms with E-state index in [0.717, 1.165) is 16.1 Å². The smallest absolute Gasteiger partial charge is 0.257 e. The number of nitrogens with zero attached hydrogens (tertiary/aromatic N) is 1. The molecule has 2 N–H and O–H groups in total. The highest BCUT2D eigenvalue weighted by atomic mass is 32.1. The predicted molar refractivity (Wildman–Crippen MR) is 84.6 cm³/mol. The molecular weight excluding hydrogens is 284 g/mol. The first-order chi connectivity index (χ1) is 10.1. The summed E-state index contributed by atoms with van der Waals surface area (Å²) in [5.74, 6) is 5.58. The molecule has 4 nitrogen and oxygen atoms in total. The van der Waals surface area contributed by atoms with Crippen LogP contribution in [0, 0.1) is 25.7 Å². The highest BCUT2D eigenvalue weighted by molar-refractivity contribution is 7.15. The van der Waals surface area contributed by atoms with Gasteiger partial charge in [0.2, 0.25) is 0 Å². The fraction of sp³-hybridized carbons (Fsp3) is 0.250. The van der Waals surface area contributed by atoms with Crippen LogP contribution in [-0.2, 0) is 0 Å². The minimum absolute atomic E-state index is 0.0557. The van der Waals surface area contributed by atoms with E-state index in [1.165, 1.54) is 11.3 Å². The Labute approximate surface area is 127 Å². The van der Waals surface area contributed by atoms with Gasteiger partial charge in [0.1, 0.15) is 0 Å². The number of carbonyl (C=O) groups excluding carboxylic acids is 1. The van der Waals surface area contributed by atoms with Crippen molar-refractivity contribution in [1.29, 1.82) is 0 Å². The van der Waals surface area contributed by atoms with Gasteiger partial charge >= 0.3 is 0 Å². The number of benzene rings is 1. The number of amides is 1. The number of rotatable bonds is 3. The van der Waals surface area contributed by atoms with Crippen LogP contribution in [0.2, 0.25) is 0 Å². The van der Waals surface area contributed by atoms with Crippen molar-refractivity contribution in [1.82, 2.24) is 4.98 Å². The third-order valence-electron chi connectivity index (χ3n) is 2.87. The van der Waals surface area contributed by atoms with E-state index in [1.807, 2.05) is 13.8 Å². The van der Waals surface area contributed by atoms with E-state index in [1.54, 1.807) is 24.3 Å². The summed E-state index contributed by atoms with van der Waals surface area (Å²) in [6.45, 7) is 3.95. The van der Waals surface area contributed by atoms with Gasteiger partial charge in [-0.15, -0.1) is 11.3 Å². The number of aliphatic hydroxyl groups excluding tert-OH is 1. The van der Waals surface area contributed by atoms with E-state index in [2.05, 4.69) is 22.1 Å². The van der Waals surface area contributed by atoms with E-state index >= 15 is 0 Å². The lowest BCUT2D eigenvalue weighted by Gasteiger charge is -2.01. The molecule has 108 valence electrons. The number of aliphatic hydroxyl groups is 1. The topological polar surface area (TPSA) is 62.2 Å². The molecule has 0 unspecified atom stereocenters. The third kappa shape index (κ3) is 4.15. The lowest BCUT2D eigenvalue weighted by Crippen LogP contribution is -2.11.